The highest BCUT2D eigenvalue weighted by atomic mass is 35.5. The number of rotatable bonds is 6. The number of nitrogens with zero attached hydrogens (tertiary/aromatic N) is 2. The summed E-state index contributed by atoms with van der Waals surface area (Å²) in [5.41, 5.74) is 1.26. The van der Waals surface area contributed by atoms with Crippen LogP contribution in [-0.4, -0.2) is 35.4 Å². The molecular weight excluding hydrogens is 316 g/mol. The summed E-state index contributed by atoms with van der Waals surface area (Å²) >= 11 is 5.85. The number of amides is 1. The predicted molar refractivity (Wildman–Crippen MR) is 87.1 cm³/mol. The summed E-state index contributed by atoms with van der Waals surface area (Å²) in [7, 11) is 1.33. The van der Waals surface area contributed by atoms with Gasteiger partial charge in [-0.2, -0.15) is 0 Å². The Hall–Kier alpha value is -2.40. The second-order valence-corrected chi connectivity index (χ2v) is 5.32. The monoisotopic (exact) mass is 332 g/mol. The van der Waals surface area contributed by atoms with Gasteiger partial charge in [-0.05, 0) is 36.4 Å². The van der Waals surface area contributed by atoms with Crippen molar-refractivity contribution >= 4 is 23.5 Å². The summed E-state index contributed by atoms with van der Waals surface area (Å²) in [6.07, 6.45) is 1.79. The summed E-state index contributed by atoms with van der Waals surface area (Å²) in [5, 5.41) is 0.562. The molecule has 6 heteroatoms. The first-order valence-electron chi connectivity index (χ1n) is 7.11. The van der Waals surface area contributed by atoms with Gasteiger partial charge in [-0.25, -0.2) is 0 Å². The molecule has 1 amide bonds. The van der Waals surface area contributed by atoms with E-state index in [1.165, 1.54) is 7.11 Å². The molecule has 1 heterocycles. The molecular formula is C17H17ClN2O3. The number of aromatic nitrogens is 1. The number of methoxy groups -OCH3 is 1. The topological polar surface area (TPSA) is 59.5 Å². The lowest BCUT2D eigenvalue weighted by Crippen LogP contribution is -2.33. The van der Waals surface area contributed by atoms with Crippen LogP contribution >= 0.6 is 11.6 Å². The van der Waals surface area contributed by atoms with Gasteiger partial charge in [0.25, 0.3) is 5.91 Å². The van der Waals surface area contributed by atoms with Gasteiger partial charge in [-0.15, -0.1) is 0 Å². The molecule has 0 fully saturated rings. The molecule has 1 aromatic carbocycles. The van der Waals surface area contributed by atoms with Crippen molar-refractivity contribution in [3.8, 4) is 0 Å². The molecule has 0 atom stereocenters. The Morgan fingerprint density at radius 3 is 2.52 bits per heavy atom. The molecule has 23 heavy (non-hydrogen) atoms. The third kappa shape index (κ3) is 5.07. The van der Waals surface area contributed by atoms with E-state index in [0.29, 0.717) is 17.1 Å². The summed E-state index contributed by atoms with van der Waals surface area (Å²) in [6, 6.07) is 12.1. The lowest BCUT2D eigenvalue weighted by Gasteiger charge is -2.22. The summed E-state index contributed by atoms with van der Waals surface area (Å²) < 4.78 is 4.64. The zero-order valence-corrected chi connectivity index (χ0v) is 13.5. The molecule has 2 aromatic rings. The van der Waals surface area contributed by atoms with Crippen molar-refractivity contribution < 1.29 is 14.3 Å². The molecule has 5 nitrogen and oxygen atoms in total. The summed E-state index contributed by atoms with van der Waals surface area (Å²) in [6.45, 7) is 0.573. The van der Waals surface area contributed by atoms with Crippen molar-refractivity contribution in [3.05, 3.63) is 64.9 Å². The predicted octanol–water partition coefficient (Wildman–Crippen LogP) is 2.94. The minimum atomic E-state index is -0.361. The third-order valence-corrected chi connectivity index (χ3v) is 3.52. The Bertz CT molecular complexity index is 659. The van der Waals surface area contributed by atoms with Crippen molar-refractivity contribution in [1.29, 1.82) is 0 Å². The van der Waals surface area contributed by atoms with Crippen LogP contribution in [0.2, 0.25) is 5.02 Å². The molecule has 0 aliphatic rings. The highest BCUT2D eigenvalue weighted by molar-refractivity contribution is 6.30. The van der Waals surface area contributed by atoms with Crippen LogP contribution in [0.15, 0.2) is 48.7 Å². The average Bonchev–Trinajstić information content (AvgIpc) is 2.59. The number of ether oxygens (including phenoxy) is 1. The van der Waals surface area contributed by atoms with Crippen LogP contribution in [0.5, 0.6) is 0 Å². The van der Waals surface area contributed by atoms with Gasteiger partial charge < -0.3 is 9.64 Å². The van der Waals surface area contributed by atoms with Crippen LogP contribution in [0.4, 0.5) is 0 Å². The van der Waals surface area contributed by atoms with Crippen molar-refractivity contribution in [3.63, 3.8) is 0 Å². The zero-order valence-electron chi connectivity index (χ0n) is 12.7. The van der Waals surface area contributed by atoms with Crippen LogP contribution < -0.4 is 0 Å². The number of carbonyl (C=O) groups excluding carboxylic acids is 2. The van der Waals surface area contributed by atoms with Crippen molar-refractivity contribution in [1.82, 2.24) is 9.88 Å². The first kappa shape index (κ1) is 17.0. The molecule has 0 spiro atoms. The van der Waals surface area contributed by atoms with E-state index in [2.05, 4.69) is 9.72 Å². The largest absolute Gasteiger partial charge is 0.469 e. The Morgan fingerprint density at radius 2 is 1.91 bits per heavy atom. The van der Waals surface area contributed by atoms with E-state index in [1.807, 2.05) is 18.2 Å². The lowest BCUT2D eigenvalue weighted by molar-refractivity contribution is -0.140. The van der Waals surface area contributed by atoms with Crippen LogP contribution in [0.25, 0.3) is 0 Å². The third-order valence-electron chi connectivity index (χ3n) is 3.27. The van der Waals surface area contributed by atoms with Gasteiger partial charge in [-0.3, -0.25) is 14.6 Å². The van der Waals surface area contributed by atoms with E-state index < -0.39 is 0 Å². The van der Waals surface area contributed by atoms with Gasteiger partial charge in [0.15, 0.2) is 0 Å². The molecule has 120 valence electrons. The quantitative estimate of drug-likeness (QED) is 0.763. The van der Waals surface area contributed by atoms with E-state index in [4.69, 9.17) is 11.6 Å². The Labute approximate surface area is 139 Å². The fourth-order valence-corrected chi connectivity index (χ4v) is 2.17. The van der Waals surface area contributed by atoms with Gasteiger partial charge in [0.2, 0.25) is 0 Å². The first-order valence-corrected chi connectivity index (χ1v) is 7.49. The van der Waals surface area contributed by atoms with Gasteiger partial charge in [0, 0.05) is 23.3 Å². The van der Waals surface area contributed by atoms with Crippen LogP contribution in [0.3, 0.4) is 0 Å². The molecule has 0 saturated heterocycles. The fraction of sp³-hybridized carbons (Fsp3) is 0.235. The van der Waals surface area contributed by atoms with Crippen LogP contribution in [0, 0.1) is 0 Å². The molecule has 0 bridgehead atoms. The first-order chi connectivity index (χ1) is 11.1. The normalized spacial score (nSPS) is 10.2. The second-order valence-electron chi connectivity index (χ2n) is 4.88. The number of carbonyl (C=O) groups is 2. The average molecular weight is 333 g/mol. The minimum Gasteiger partial charge on any atom is -0.469 e. The molecule has 0 N–H and O–H groups in total. The van der Waals surface area contributed by atoms with E-state index >= 15 is 0 Å². The number of esters is 1. The van der Waals surface area contributed by atoms with E-state index in [1.54, 1.807) is 35.4 Å². The Kier molecular flexibility index (Phi) is 6.11. The van der Waals surface area contributed by atoms with Crippen LogP contribution in [-0.2, 0) is 16.1 Å². The lowest BCUT2D eigenvalue weighted by atomic mass is 10.2. The number of pyridine rings is 1. The molecule has 0 saturated carbocycles. The number of halogens is 1. The van der Waals surface area contributed by atoms with Gasteiger partial charge >= 0.3 is 5.97 Å². The van der Waals surface area contributed by atoms with Crippen molar-refractivity contribution in [2.24, 2.45) is 0 Å². The highest BCUT2D eigenvalue weighted by Crippen LogP contribution is 2.13. The molecule has 1 aromatic heterocycles. The minimum absolute atomic E-state index is 0.128. The summed E-state index contributed by atoms with van der Waals surface area (Å²) in [4.78, 5) is 29.8. The Morgan fingerprint density at radius 1 is 1.17 bits per heavy atom. The second kappa shape index (κ2) is 8.29. The molecule has 0 radical (unpaired) electrons. The molecule has 2 rings (SSSR count). The van der Waals surface area contributed by atoms with Gasteiger partial charge in [0.1, 0.15) is 0 Å². The van der Waals surface area contributed by atoms with Crippen molar-refractivity contribution in [2.75, 3.05) is 13.7 Å². The molecule has 0 aliphatic carbocycles. The Balaban J connectivity index is 2.15. The maximum Gasteiger partial charge on any atom is 0.307 e. The number of hydrogen-bond acceptors (Lipinski definition) is 4. The van der Waals surface area contributed by atoms with E-state index in [9.17, 15) is 9.59 Å². The van der Waals surface area contributed by atoms with E-state index in [-0.39, 0.29) is 24.8 Å². The summed E-state index contributed by atoms with van der Waals surface area (Å²) in [5.74, 6) is -0.545. The number of benzene rings is 1. The van der Waals surface area contributed by atoms with E-state index in [0.717, 1.165) is 5.69 Å². The maximum atomic E-state index is 12.7. The standard InChI is InChI=1S/C17H17ClN2O3/c1-23-16(21)9-11-20(12-15-4-2-3-10-19-15)17(22)13-5-7-14(18)8-6-13/h2-8,10H,9,11-12H2,1H3. The highest BCUT2D eigenvalue weighted by Gasteiger charge is 2.18. The SMILES string of the molecule is COC(=O)CCN(Cc1ccccn1)C(=O)c1ccc(Cl)cc1. The van der Waals surface area contributed by atoms with Crippen molar-refractivity contribution in [2.45, 2.75) is 13.0 Å². The molecule has 0 aliphatic heterocycles. The smallest absolute Gasteiger partial charge is 0.307 e. The molecule has 0 unspecified atom stereocenters. The zero-order chi connectivity index (χ0) is 16.7. The number of hydrogen-bond donors (Lipinski definition) is 0. The van der Waals surface area contributed by atoms with Gasteiger partial charge in [-0.1, -0.05) is 17.7 Å². The van der Waals surface area contributed by atoms with Crippen LogP contribution in [0.1, 0.15) is 22.5 Å². The van der Waals surface area contributed by atoms with Gasteiger partial charge in [0.05, 0.1) is 25.8 Å². The fourth-order valence-electron chi connectivity index (χ4n) is 2.04. The maximum absolute atomic E-state index is 12.7.